The van der Waals surface area contributed by atoms with Gasteiger partial charge in [-0.3, -0.25) is 0 Å². The van der Waals surface area contributed by atoms with E-state index in [4.69, 9.17) is 5.73 Å². The first-order chi connectivity index (χ1) is 7.96. The van der Waals surface area contributed by atoms with Crippen LogP contribution in [0.3, 0.4) is 0 Å². The van der Waals surface area contributed by atoms with Crippen molar-refractivity contribution in [2.24, 2.45) is 5.92 Å². The molecule has 1 unspecified atom stereocenters. The zero-order valence-corrected chi connectivity index (χ0v) is 10.6. The number of sulfone groups is 1. The normalized spacial score (nSPS) is 22.5. The maximum Gasteiger partial charge on any atom is 0.150 e. The summed E-state index contributed by atoms with van der Waals surface area (Å²) in [7, 11) is -2.81. The Bertz CT molecular complexity index is 513. The van der Waals surface area contributed by atoms with Crippen LogP contribution in [0.5, 0.6) is 0 Å². The highest BCUT2D eigenvalue weighted by Crippen LogP contribution is 2.21. The van der Waals surface area contributed by atoms with Gasteiger partial charge < -0.3 is 11.1 Å². The fraction of sp³-hybridized carbons (Fsp3) is 0.545. The molecule has 3 N–H and O–H groups in total. The van der Waals surface area contributed by atoms with Crippen molar-refractivity contribution < 1.29 is 8.42 Å². The van der Waals surface area contributed by atoms with Gasteiger partial charge in [-0.05, 0) is 30.9 Å². The number of nitrogens with two attached hydrogens (primary N) is 1. The molecule has 0 aliphatic carbocycles. The summed E-state index contributed by atoms with van der Waals surface area (Å²) in [5.41, 5.74) is 7.43. The first kappa shape index (κ1) is 12.2. The van der Waals surface area contributed by atoms with Gasteiger partial charge in [0, 0.05) is 12.7 Å². The van der Waals surface area contributed by atoms with Crippen LogP contribution in [0.15, 0.2) is 12.3 Å². The molecular formula is C11H17N3O2S. The molecule has 0 aromatic carbocycles. The molecule has 1 aromatic rings. The zero-order chi connectivity index (χ0) is 12.5. The fourth-order valence-corrected chi connectivity index (χ4v) is 3.88. The Labute approximate surface area is 101 Å². The van der Waals surface area contributed by atoms with Crippen molar-refractivity contribution in [3.05, 3.63) is 17.8 Å². The van der Waals surface area contributed by atoms with Gasteiger partial charge >= 0.3 is 0 Å². The van der Waals surface area contributed by atoms with E-state index in [1.807, 2.05) is 13.0 Å². The lowest BCUT2D eigenvalue weighted by Crippen LogP contribution is -2.17. The van der Waals surface area contributed by atoms with Crippen molar-refractivity contribution in [1.82, 2.24) is 4.98 Å². The van der Waals surface area contributed by atoms with Gasteiger partial charge in [0.2, 0.25) is 0 Å². The van der Waals surface area contributed by atoms with Gasteiger partial charge in [0.15, 0.2) is 9.84 Å². The Balaban J connectivity index is 1.95. The molecule has 0 bridgehead atoms. The number of rotatable bonds is 3. The summed E-state index contributed by atoms with van der Waals surface area (Å²) in [5.74, 6) is 1.38. The Hall–Kier alpha value is -1.30. The van der Waals surface area contributed by atoms with E-state index in [1.165, 1.54) is 0 Å². The first-order valence-electron chi connectivity index (χ1n) is 5.63. The highest BCUT2D eigenvalue weighted by Gasteiger charge is 2.27. The second-order valence-corrected chi connectivity index (χ2v) is 6.83. The van der Waals surface area contributed by atoms with Crippen LogP contribution in [0.1, 0.15) is 12.0 Å². The number of hydrogen-bond acceptors (Lipinski definition) is 5. The van der Waals surface area contributed by atoms with Gasteiger partial charge in [-0.15, -0.1) is 0 Å². The van der Waals surface area contributed by atoms with E-state index in [0.717, 1.165) is 12.0 Å². The molecule has 2 rings (SSSR count). The molecule has 2 heterocycles. The molecule has 1 fully saturated rings. The molecule has 0 spiro atoms. The summed E-state index contributed by atoms with van der Waals surface area (Å²) in [6.07, 6.45) is 2.46. The van der Waals surface area contributed by atoms with Crippen molar-refractivity contribution in [1.29, 1.82) is 0 Å². The Kier molecular flexibility index (Phi) is 3.24. The van der Waals surface area contributed by atoms with Crippen molar-refractivity contribution in [2.45, 2.75) is 13.3 Å². The summed E-state index contributed by atoms with van der Waals surface area (Å²) in [5, 5.41) is 3.12. The molecule has 0 saturated carbocycles. The summed E-state index contributed by atoms with van der Waals surface area (Å²) in [6.45, 7) is 2.54. The highest BCUT2D eigenvalue weighted by atomic mass is 32.2. The van der Waals surface area contributed by atoms with E-state index in [0.29, 0.717) is 23.8 Å². The summed E-state index contributed by atoms with van der Waals surface area (Å²) >= 11 is 0. The smallest absolute Gasteiger partial charge is 0.150 e. The molecule has 5 nitrogen and oxygen atoms in total. The SMILES string of the molecule is Cc1cnc(NCC2CCS(=O)(=O)C2)c(N)c1. The predicted molar refractivity (Wildman–Crippen MR) is 68.6 cm³/mol. The van der Waals surface area contributed by atoms with Crippen molar-refractivity contribution in [3.8, 4) is 0 Å². The largest absolute Gasteiger partial charge is 0.396 e. The average Bonchev–Trinajstić information content (AvgIpc) is 2.57. The van der Waals surface area contributed by atoms with Crippen LogP contribution in [0.2, 0.25) is 0 Å². The first-order valence-corrected chi connectivity index (χ1v) is 7.45. The van der Waals surface area contributed by atoms with Crippen LogP contribution in [-0.4, -0.2) is 31.5 Å². The van der Waals surface area contributed by atoms with E-state index in [2.05, 4.69) is 10.3 Å². The van der Waals surface area contributed by atoms with Crippen molar-refractivity contribution >= 4 is 21.3 Å². The number of nitrogen functional groups attached to an aromatic ring is 1. The third kappa shape index (κ3) is 3.09. The molecule has 1 aliphatic heterocycles. The number of anilines is 2. The lowest BCUT2D eigenvalue weighted by atomic mass is 10.1. The number of aryl methyl sites for hydroxylation is 1. The molecule has 0 amide bonds. The molecule has 1 aromatic heterocycles. The second-order valence-electron chi connectivity index (χ2n) is 4.60. The van der Waals surface area contributed by atoms with Gasteiger partial charge in [-0.1, -0.05) is 0 Å². The Morgan fingerprint density at radius 1 is 1.59 bits per heavy atom. The molecule has 6 heteroatoms. The second kappa shape index (κ2) is 4.52. The van der Waals surface area contributed by atoms with Gasteiger partial charge in [0.25, 0.3) is 0 Å². The molecule has 17 heavy (non-hydrogen) atoms. The molecule has 1 saturated heterocycles. The molecule has 0 radical (unpaired) electrons. The quantitative estimate of drug-likeness (QED) is 0.835. The standard InChI is InChI=1S/C11H17N3O2S/c1-8-4-10(12)11(13-5-8)14-6-9-2-3-17(15,16)7-9/h4-5,9H,2-3,6-7,12H2,1H3,(H,13,14). The maximum atomic E-state index is 11.3. The lowest BCUT2D eigenvalue weighted by Gasteiger charge is -2.12. The van der Waals surface area contributed by atoms with Crippen LogP contribution in [0, 0.1) is 12.8 Å². The maximum absolute atomic E-state index is 11.3. The van der Waals surface area contributed by atoms with Crippen molar-refractivity contribution in [2.75, 3.05) is 29.1 Å². The van der Waals surface area contributed by atoms with E-state index < -0.39 is 9.84 Å². The molecule has 94 valence electrons. The average molecular weight is 255 g/mol. The van der Waals surface area contributed by atoms with Crippen LogP contribution in [0.25, 0.3) is 0 Å². The number of nitrogens with one attached hydrogen (secondary N) is 1. The van der Waals surface area contributed by atoms with Crippen LogP contribution in [0.4, 0.5) is 11.5 Å². The minimum absolute atomic E-state index is 0.169. The topological polar surface area (TPSA) is 85.1 Å². The van der Waals surface area contributed by atoms with Gasteiger partial charge in [0.05, 0.1) is 17.2 Å². The Morgan fingerprint density at radius 3 is 2.94 bits per heavy atom. The summed E-state index contributed by atoms with van der Waals surface area (Å²) < 4.78 is 22.6. The fourth-order valence-electron chi connectivity index (χ4n) is 2.01. The van der Waals surface area contributed by atoms with Crippen LogP contribution in [-0.2, 0) is 9.84 Å². The number of nitrogens with zero attached hydrogens (tertiary/aromatic N) is 1. The van der Waals surface area contributed by atoms with E-state index in [9.17, 15) is 8.42 Å². The van der Waals surface area contributed by atoms with E-state index in [1.54, 1.807) is 6.20 Å². The van der Waals surface area contributed by atoms with Crippen molar-refractivity contribution in [3.63, 3.8) is 0 Å². The van der Waals surface area contributed by atoms with Crippen LogP contribution >= 0.6 is 0 Å². The monoisotopic (exact) mass is 255 g/mol. The molecular weight excluding hydrogens is 238 g/mol. The third-order valence-electron chi connectivity index (χ3n) is 2.94. The summed E-state index contributed by atoms with van der Waals surface area (Å²) in [4.78, 5) is 4.19. The number of aromatic nitrogens is 1. The zero-order valence-electron chi connectivity index (χ0n) is 9.81. The minimum Gasteiger partial charge on any atom is -0.396 e. The van der Waals surface area contributed by atoms with Gasteiger partial charge in [0.1, 0.15) is 5.82 Å². The number of pyridine rings is 1. The van der Waals surface area contributed by atoms with Gasteiger partial charge in [-0.2, -0.15) is 0 Å². The lowest BCUT2D eigenvalue weighted by molar-refractivity contribution is 0.596. The van der Waals surface area contributed by atoms with E-state index >= 15 is 0 Å². The minimum atomic E-state index is -2.81. The van der Waals surface area contributed by atoms with E-state index in [-0.39, 0.29) is 11.7 Å². The predicted octanol–water partition coefficient (Wildman–Crippen LogP) is 0.819. The third-order valence-corrected chi connectivity index (χ3v) is 4.78. The van der Waals surface area contributed by atoms with Gasteiger partial charge in [-0.25, -0.2) is 13.4 Å². The molecule has 1 aliphatic rings. The molecule has 1 atom stereocenters. The Morgan fingerprint density at radius 2 is 2.35 bits per heavy atom. The highest BCUT2D eigenvalue weighted by molar-refractivity contribution is 7.91. The number of hydrogen-bond donors (Lipinski definition) is 2. The summed E-state index contributed by atoms with van der Waals surface area (Å²) in [6, 6.07) is 1.85. The van der Waals surface area contributed by atoms with Crippen LogP contribution < -0.4 is 11.1 Å².